The molecule has 1 unspecified atom stereocenters. The lowest BCUT2D eigenvalue weighted by molar-refractivity contribution is 0.161. The molecule has 1 atom stereocenters. The first kappa shape index (κ1) is 17.6. The Morgan fingerprint density at radius 1 is 1.33 bits per heavy atom. The van der Waals surface area contributed by atoms with E-state index in [0.717, 1.165) is 26.1 Å². The summed E-state index contributed by atoms with van der Waals surface area (Å²) < 4.78 is 2.12. The normalized spacial score (nSPS) is 17.0. The maximum atomic E-state index is 11.8. The summed E-state index contributed by atoms with van der Waals surface area (Å²) in [5.74, 6) is 0. The number of H-pyrrole nitrogens is 1. The standard InChI is InChI=1S/C20H26N6O/c1-24(2)20(27)22-9-6-16-13-25(14-17-7-11-23-26(16)17)12-15-4-3-5-19-18(15)8-10-21-19/h3-5,7-8,10-11,16,21H,6,9,12-14H2,1-2H3,(H,22,27). The van der Waals surface area contributed by atoms with E-state index >= 15 is 0 Å². The van der Waals surface area contributed by atoms with Gasteiger partial charge in [-0.3, -0.25) is 9.58 Å². The lowest BCUT2D eigenvalue weighted by atomic mass is 10.1. The van der Waals surface area contributed by atoms with Crippen molar-refractivity contribution in [3.63, 3.8) is 0 Å². The van der Waals surface area contributed by atoms with Crippen LogP contribution in [0, 0.1) is 0 Å². The van der Waals surface area contributed by atoms with Crippen LogP contribution in [0.3, 0.4) is 0 Å². The van der Waals surface area contributed by atoms with Crippen LogP contribution in [0.2, 0.25) is 0 Å². The largest absolute Gasteiger partial charge is 0.361 e. The van der Waals surface area contributed by atoms with Crippen LogP contribution < -0.4 is 5.32 Å². The van der Waals surface area contributed by atoms with Crippen LogP contribution in [0.15, 0.2) is 42.7 Å². The number of amides is 2. The van der Waals surface area contributed by atoms with Gasteiger partial charge < -0.3 is 15.2 Å². The first-order valence-corrected chi connectivity index (χ1v) is 9.36. The van der Waals surface area contributed by atoms with Crippen molar-refractivity contribution in [3.8, 4) is 0 Å². The molecule has 0 saturated carbocycles. The maximum absolute atomic E-state index is 11.8. The van der Waals surface area contributed by atoms with Crippen LogP contribution in [-0.4, -0.2) is 57.8 Å². The Bertz CT molecular complexity index is 927. The number of hydrogen-bond acceptors (Lipinski definition) is 3. The highest BCUT2D eigenvalue weighted by Gasteiger charge is 2.25. The monoisotopic (exact) mass is 366 g/mol. The van der Waals surface area contributed by atoms with Gasteiger partial charge in [0.05, 0.1) is 11.7 Å². The van der Waals surface area contributed by atoms with Crippen LogP contribution in [-0.2, 0) is 13.1 Å². The van der Waals surface area contributed by atoms with E-state index in [2.05, 4.69) is 55.3 Å². The van der Waals surface area contributed by atoms with E-state index in [0.29, 0.717) is 6.54 Å². The molecule has 3 aromatic rings. The van der Waals surface area contributed by atoms with Crippen molar-refractivity contribution in [1.82, 2.24) is 29.9 Å². The van der Waals surface area contributed by atoms with Gasteiger partial charge >= 0.3 is 6.03 Å². The molecule has 2 aromatic heterocycles. The predicted molar refractivity (Wildman–Crippen MR) is 105 cm³/mol. The molecule has 0 aliphatic carbocycles. The molecule has 0 bridgehead atoms. The molecular weight excluding hydrogens is 340 g/mol. The summed E-state index contributed by atoms with van der Waals surface area (Å²) in [6, 6.07) is 10.9. The highest BCUT2D eigenvalue weighted by molar-refractivity contribution is 5.82. The van der Waals surface area contributed by atoms with Gasteiger partial charge in [-0.05, 0) is 30.2 Å². The van der Waals surface area contributed by atoms with Gasteiger partial charge in [-0.1, -0.05) is 12.1 Å². The summed E-state index contributed by atoms with van der Waals surface area (Å²) in [6.45, 7) is 3.36. The third-order valence-electron chi connectivity index (χ3n) is 5.19. The summed E-state index contributed by atoms with van der Waals surface area (Å²) in [4.78, 5) is 19.1. The molecule has 2 amide bonds. The fourth-order valence-corrected chi connectivity index (χ4v) is 3.83. The number of rotatable bonds is 5. The minimum Gasteiger partial charge on any atom is -0.361 e. The van der Waals surface area contributed by atoms with Gasteiger partial charge in [0, 0.05) is 63.6 Å². The molecule has 142 valence electrons. The number of nitrogens with zero attached hydrogens (tertiary/aromatic N) is 4. The SMILES string of the molecule is CN(C)C(=O)NCCC1CN(Cc2cccc3[nH]ccc23)Cc2ccnn21. The smallest absolute Gasteiger partial charge is 0.316 e. The van der Waals surface area contributed by atoms with Crippen molar-refractivity contribution >= 4 is 16.9 Å². The first-order chi connectivity index (χ1) is 13.1. The minimum absolute atomic E-state index is 0.0533. The van der Waals surface area contributed by atoms with Gasteiger partial charge in [-0.15, -0.1) is 0 Å². The molecule has 1 aromatic carbocycles. The molecule has 7 heteroatoms. The van der Waals surface area contributed by atoms with E-state index in [4.69, 9.17) is 0 Å². The van der Waals surface area contributed by atoms with Gasteiger partial charge in [0.1, 0.15) is 0 Å². The molecule has 0 fully saturated rings. The highest BCUT2D eigenvalue weighted by Crippen LogP contribution is 2.26. The Morgan fingerprint density at radius 2 is 2.22 bits per heavy atom. The zero-order valence-corrected chi connectivity index (χ0v) is 15.9. The van der Waals surface area contributed by atoms with Gasteiger partial charge in [-0.25, -0.2) is 4.79 Å². The van der Waals surface area contributed by atoms with Crippen molar-refractivity contribution in [2.24, 2.45) is 0 Å². The second kappa shape index (κ2) is 7.44. The molecule has 0 saturated heterocycles. The second-order valence-corrected chi connectivity index (χ2v) is 7.36. The number of carbonyl (C=O) groups excluding carboxylic acids is 1. The Hall–Kier alpha value is -2.80. The van der Waals surface area contributed by atoms with Crippen molar-refractivity contribution < 1.29 is 4.79 Å². The fourth-order valence-electron chi connectivity index (χ4n) is 3.83. The average Bonchev–Trinajstić information content (AvgIpc) is 3.30. The van der Waals surface area contributed by atoms with E-state index in [-0.39, 0.29) is 12.1 Å². The first-order valence-electron chi connectivity index (χ1n) is 9.36. The van der Waals surface area contributed by atoms with E-state index < -0.39 is 0 Å². The van der Waals surface area contributed by atoms with Crippen LogP contribution in [0.1, 0.15) is 23.7 Å². The summed E-state index contributed by atoms with van der Waals surface area (Å²) in [5.41, 5.74) is 3.74. The zero-order chi connectivity index (χ0) is 18.8. The van der Waals surface area contributed by atoms with E-state index in [9.17, 15) is 4.79 Å². The molecule has 7 nitrogen and oxygen atoms in total. The van der Waals surface area contributed by atoms with E-state index in [1.54, 1.807) is 19.0 Å². The maximum Gasteiger partial charge on any atom is 0.316 e. The third kappa shape index (κ3) is 3.68. The molecule has 0 radical (unpaired) electrons. The average molecular weight is 366 g/mol. The molecule has 3 heterocycles. The number of fused-ring (bicyclic) bond motifs is 2. The molecule has 4 rings (SSSR count). The molecule has 0 spiro atoms. The number of carbonyl (C=O) groups is 1. The fraction of sp³-hybridized carbons (Fsp3) is 0.400. The van der Waals surface area contributed by atoms with Gasteiger partial charge in [0.25, 0.3) is 0 Å². The zero-order valence-electron chi connectivity index (χ0n) is 15.9. The molecule has 27 heavy (non-hydrogen) atoms. The van der Waals surface area contributed by atoms with Crippen molar-refractivity contribution in [2.45, 2.75) is 25.6 Å². The minimum atomic E-state index is -0.0533. The Balaban J connectivity index is 1.46. The molecule has 1 aliphatic heterocycles. The van der Waals surface area contributed by atoms with Gasteiger partial charge in [0.2, 0.25) is 0 Å². The van der Waals surface area contributed by atoms with Gasteiger partial charge in [0.15, 0.2) is 0 Å². The Morgan fingerprint density at radius 3 is 3.07 bits per heavy atom. The molecule has 1 aliphatic rings. The number of urea groups is 1. The number of nitrogens with one attached hydrogen (secondary N) is 2. The second-order valence-electron chi connectivity index (χ2n) is 7.36. The molecule has 2 N–H and O–H groups in total. The Kier molecular flexibility index (Phi) is 4.85. The summed E-state index contributed by atoms with van der Waals surface area (Å²) in [7, 11) is 3.51. The lowest BCUT2D eigenvalue weighted by Gasteiger charge is -2.34. The molecular formula is C20H26N6O. The van der Waals surface area contributed by atoms with Crippen LogP contribution in [0.4, 0.5) is 4.79 Å². The summed E-state index contributed by atoms with van der Waals surface area (Å²) in [5, 5.41) is 8.76. The predicted octanol–water partition coefficient (Wildman–Crippen LogP) is 2.58. The summed E-state index contributed by atoms with van der Waals surface area (Å²) >= 11 is 0. The topological polar surface area (TPSA) is 69.2 Å². The van der Waals surface area contributed by atoms with Crippen molar-refractivity contribution in [2.75, 3.05) is 27.2 Å². The number of benzene rings is 1. The summed E-state index contributed by atoms with van der Waals surface area (Å²) in [6.07, 6.45) is 4.73. The number of aromatic amines is 1. The number of aromatic nitrogens is 3. The third-order valence-corrected chi connectivity index (χ3v) is 5.19. The van der Waals surface area contributed by atoms with Crippen LogP contribution in [0.5, 0.6) is 0 Å². The van der Waals surface area contributed by atoms with Crippen molar-refractivity contribution in [3.05, 3.63) is 54.0 Å². The van der Waals surface area contributed by atoms with E-state index in [1.807, 2.05) is 12.4 Å². The Labute approximate surface area is 158 Å². The quantitative estimate of drug-likeness (QED) is 0.729. The van der Waals surface area contributed by atoms with E-state index in [1.165, 1.54) is 22.2 Å². The highest BCUT2D eigenvalue weighted by atomic mass is 16.2. The number of hydrogen-bond donors (Lipinski definition) is 2. The lowest BCUT2D eigenvalue weighted by Crippen LogP contribution is -2.40. The van der Waals surface area contributed by atoms with Crippen LogP contribution in [0.25, 0.3) is 10.9 Å². The van der Waals surface area contributed by atoms with Crippen molar-refractivity contribution in [1.29, 1.82) is 0 Å². The van der Waals surface area contributed by atoms with Crippen LogP contribution >= 0.6 is 0 Å². The van der Waals surface area contributed by atoms with Gasteiger partial charge in [-0.2, -0.15) is 5.10 Å².